The predicted molar refractivity (Wildman–Crippen MR) is 84.2 cm³/mol. The highest BCUT2D eigenvalue weighted by Crippen LogP contribution is 2.33. The number of fused-ring (bicyclic) bond motifs is 1. The molecule has 0 amide bonds. The summed E-state index contributed by atoms with van der Waals surface area (Å²) in [6.07, 6.45) is 0.736. The van der Waals surface area contributed by atoms with E-state index in [-0.39, 0.29) is 0 Å². The van der Waals surface area contributed by atoms with Gasteiger partial charge in [-0.3, -0.25) is 9.69 Å². The van der Waals surface area contributed by atoms with Gasteiger partial charge in [0.1, 0.15) is 0 Å². The minimum atomic E-state index is 0.309. The van der Waals surface area contributed by atoms with E-state index >= 15 is 0 Å². The van der Waals surface area contributed by atoms with E-state index in [9.17, 15) is 4.79 Å². The van der Waals surface area contributed by atoms with E-state index in [1.165, 1.54) is 5.56 Å². The number of benzene rings is 1. The fourth-order valence-electron chi connectivity index (χ4n) is 3.00. The number of furan rings is 1. The van der Waals surface area contributed by atoms with Crippen molar-refractivity contribution in [1.29, 1.82) is 0 Å². The van der Waals surface area contributed by atoms with Crippen LogP contribution in [0.4, 0.5) is 5.88 Å². The fraction of sp³-hybridized carbons (Fsp3) is 0.353. The van der Waals surface area contributed by atoms with E-state index in [0.717, 1.165) is 56.4 Å². The summed E-state index contributed by atoms with van der Waals surface area (Å²) in [5.74, 6) is 2.80. The van der Waals surface area contributed by atoms with Crippen molar-refractivity contribution in [2.45, 2.75) is 6.54 Å². The third-order valence-corrected chi connectivity index (χ3v) is 4.26. The van der Waals surface area contributed by atoms with Crippen LogP contribution in [0.2, 0.25) is 0 Å². The predicted octanol–water partition coefficient (Wildman–Crippen LogP) is 2.14. The molecule has 1 fully saturated rings. The average molecular weight is 314 g/mol. The molecule has 0 unspecified atom stereocenters. The third kappa shape index (κ3) is 2.90. The largest absolute Gasteiger partial charge is 0.454 e. The van der Waals surface area contributed by atoms with Gasteiger partial charge in [-0.15, -0.1) is 0 Å². The highest BCUT2D eigenvalue weighted by atomic mass is 16.7. The summed E-state index contributed by atoms with van der Waals surface area (Å²) in [6, 6.07) is 9.68. The first-order valence-corrected chi connectivity index (χ1v) is 7.73. The highest BCUT2D eigenvalue weighted by molar-refractivity contribution is 5.71. The third-order valence-electron chi connectivity index (χ3n) is 4.26. The minimum absolute atomic E-state index is 0.309. The Labute approximate surface area is 134 Å². The van der Waals surface area contributed by atoms with E-state index < -0.39 is 0 Å². The quantitative estimate of drug-likeness (QED) is 0.806. The van der Waals surface area contributed by atoms with Crippen LogP contribution in [0.25, 0.3) is 0 Å². The van der Waals surface area contributed by atoms with Crippen LogP contribution in [0.3, 0.4) is 0 Å². The summed E-state index contributed by atoms with van der Waals surface area (Å²) in [7, 11) is 0. The molecule has 120 valence electrons. The van der Waals surface area contributed by atoms with Crippen LogP contribution >= 0.6 is 0 Å². The van der Waals surface area contributed by atoms with Gasteiger partial charge in [0.05, 0.1) is 0 Å². The molecule has 0 N–H and O–H groups in total. The zero-order valence-corrected chi connectivity index (χ0v) is 12.7. The maximum Gasteiger partial charge on any atom is 0.231 e. The molecule has 6 heteroatoms. The number of ether oxygens (including phenoxy) is 2. The van der Waals surface area contributed by atoms with Gasteiger partial charge < -0.3 is 18.8 Å². The standard InChI is InChI=1S/C17H18N2O4/c20-11-14-2-4-17(23-14)19-7-5-18(6-8-19)10-13-1-3-15-16(9-13)22-12-21-15/h1-4,9,11H,5-8,10,12H2. The SMILES string of the molecule is O=Cc1ccc(N2CCN(Cc3ccc4c(c3)OCO4)CC2)o1. The summed E-state index contributed by atoms with van der Waals surface area (Å²) in [4.78, 5) is 15.3. The number of aldehydes is 1. The van der Waals surface area contributed by atoms with Crippen molar-refractivity contribution in [3.63, 3.8) is 0 Å². The first-order chi connectivity index (χ1) is 11.3. The first-order valence-electron chi connectivity index (χ1n) is 7.73. The lowest BCUT2D eigenvalue weighted by molar-refractivity contribution is 0.110. The summed E-state index contributed by atoms with van der Waals surface area (Å²) >= 11 is 0. The summed E-state index contributed by atoms with van der Waals surface area (Å²) in [6.45, 7) is 4.87. The van der Waals surface area contributed by atoms with Crippen LogP contribution in [0, 0.1) is 0 Å². The van der Waals surface area contributed by atoms with Crippen molar-refractivity contribution in [1.82, 2.24) is 4.90 Å². The molecular weight excluding hydrogens is 296 g/mol. The number of carbonyl (C=O) groups is 1. The molecule has 0 radical (unpaired) electrons. The van der Waals surface area contributed by atoms with Crippen LogP contribution in [0.5, 0.6) is 11.5 Å². The van der Waals surface area contributed by atoms with Gasteiger partial charge in [0, 0.05) is 38.8 Å². The number of nitrogens with zero attached hydrogens (tertiary/aromatic N) is 2. The maximum absolute atomic E-state index is 10.7. The number of carbonyl (C=O) groups excluding carboxylic acids is 1. The van der Waals surface area contributed by atoms with Crippen molar-refractivity contribution in [3.8, 4) is 11.5 Å². The average Bonchev–Trinajstić information content (AvgIpc) is 3.24. The lowest BCUT2D eigenvalue weighted by Gasteiger charge is -2.34. The van der Waals surface area contributed by atoms with Crippen LogP contribution in [-0.2, 0) is 6.54 Å². The summed E-state index contributed by atoms with van der Waals surface area (Å²) in [5.41, 5.74) is 1.23. The Balaban J connectivity index is 1.35. The molecule has 0 aliphatic carbocycles. The Kier molecular flexibility index (Phi) is 3.67. The van der Waals surface area contributed by atoms with Crippen LogP contribution in [-0.4, -0.2) is 44.2 Å². The minimum Gasteiger partial charge on any atom is -0.454 e. The van der Waals surface area contributed by atoms with Gasteiger partial charge in [0.2, 0.25) is 6.79 Å². The van der Waals surface area contributed by atoms with Crippen LogP contribution in [0.15, 0.2) is 34.7 Å². The topological polar surface area (TPSA) is 55.2 Å². The van der Waals surface area contributed by atoms with Gasteiger partial charge in [0.25, 0.3) is 0 Å². The second-order valence-corrected chi connectivity index (χ2v) is 5.74. The molecule has 4 rings (SSSR count). The Morgan fingerprint density at radius 3 is 2.61 bits per heavy atom. The van der Waals surface area contributed by atoms with E-state index in [4.69, 9.17) is 13.9 Å². The lowest BCUT2D eigenvalue weighted by atomic mass is 10.1. The molecule has 0 bridgehead atoms. The fourth-order valence-corrected chi connectivity index (χ4v) is 3.00. The van der Waals surface area contributed by atoms with Gasteiger partial charge in [-0.2, -0.15) is 0 Å². The summed E-state index contributed by atoms with van der Waals surface area (Å²) in [5, 5.41) is 0. The van der Waals surface area contributed by atoms with Gasteiger partial charge in [-0.1, -0.05) is 6.07 Å². The van der Waals surface area contributed by atoms with Crippen LogP contribution < -0.4 is 14.4 Å². The Bertz CT molecular complexity index is 704. The molecule has 1 aromatic carbocycles. The molecule has 2 aliphatic rings. The lowest BCUT2D eigenvalue weighted by Crippen LogP contribution is -2.45. The van der Waals surface area contributed by atoms with Gasteiger partial charge in [-0.25, -0.2) is 0 Å². The molecule has 23 heavy (non-hydrogen) atoms. The molecule has 2 aromatic rings. The highest BCUT2D eigenvalue weighted by Gasteiger charge is 2.20. The molecular formula is C17H18N2O4. The molecule has 0 spiro atoms. The maximum atomic E-state index is 10.7. The van der Waals surface area contributed by atoms with Gasteiger partial charge in [-0.05, 0) is 23.8 Å². The van der Waals surface area contributed by atoms with E-state index in [1.54, 1.807) is 6.07 Å². The van der Waals surface area contributed by atoms with Crippen LogP contribution in [0.1, 0.15) is 16.1 Å². The monoisotopic (exact) mass is 314 g/mol. The molecule has 3 heterocycles. The zero-order valence-electron chi connectivity index (χ0n) is 12.7. The van der Waals surface area contributed by atoms with Crippen molar-refractivity contribution >= 4 is 12.2 Å². The molecule has 1 saturated heterocycles. The smallest absolute Gasteiger partial charge is 0.231 e. The van der Waals surface area contributed by atoms with Crippen molar-refractivity contribution in [3.05, 3.63) is 41.7 Å². The van der Waals surface area contributed by atoms with E-state index in [0.29, 0.717) is 12.6 Å². The molecule has 0 saturated carbocycles. The second-order valence-electron chi connectivity index (χ2n) is 5.74. The number of anilines is 1. The molecule has 6 nitrogen and oxygen atoms in total. The van der Waals surface area contributed by atoms with Crippen molar-refractivity contribution in [2.75, 3.05) is 37.9 Å². The van der Waals surface area contributed by atoms with Gasteiger partial charge in [0.15, 0.2) is 29.4 Å². The van der Waals surface area contributed by atoms with Crippen molar-refractivity contribution < 1.29 is 18.7 Å². The number of rotatable bonds is 4. The Morgan fingerprint density at radius 1 is 1.00 bits per heavy atom. The molecule has 1 aromatic heterocycles. The normalized spacial score (nSPS) is 17.5. The van der Waals surface area contributed by atoms with E-state index in [1.807, 2.05) is 12.1 Å². The second kappa shape index (κ2) is 5.96. The van der Waals surface area contributed by atoms with E-state index in [2.05, 4.69) is 21.9 Å². The Hall–Kier alpha value is -2.47. The number of hydrogen-bond acceptors (Lipinski definition) is 6. The molecule has 0 atom stereocenters. The van der Waals surface area contributed by atoms with Crippen molar-refractivity contribution in [2.24, 2.45) is 0 Å². The molecule has 2 aliphatic heterocycles. The number of piperazine rings is 1. The Morgan fingerprint density at radius 2 is 1.83 bits per heavy atom. The van der Waals surface area contributed by atoms with Gasteiger partial charge >= 0.3 is 0 Å². The zero-order chi connectivity index (χ0) is 15.6. The first kappa shape index (κ1) is 14.1. The summed E-state index contributed by atoms with van der Waals surface area (Å²) < 4.78 is 16.3. The number of hydrogen-bond donors (Lipinski definition) is 0.